The highest BCUT2D eigenvalue weighted by molar-refractivity contribution is 7.10. The van der Waals surface area contributed by atoms with Gasteiger partial charge in [-0.1, -0.05) is 12.1 Å². The minimum absolute atomic E-state index is 0.109. The molecule has 2 aliphatic rings. The number of thiophene rings is 1. The van der Waals surface area contributed by atoms with Gasteiger partial charge in [0.05, 0.1) is 24.3 Å². The summed E-state index contributed by atoms with van der Waals surface area (Å²) in [5.41, 5.74) is 2.07. The van der Waals surface area contributed by atoms with Crippen LogP contribution in [0.1, 0.15) is 29.1 Å². The van der Waals surface area contributed by atoms with E-state index in [0.29, 0.717) is 6.42 Å². The molecule has 6 heteroatoms. The van der Waals surface area contributed by atoms with Crippen LogP contribution in [0, 0.1) is 6.92 Å². The van der Waals surface area contributed by atoms with Crippen molar-refractivity contribution in [2.45, 2.75) is 38.3 Å². The van der Waals surface area contributed by atoms with E-state index in [0.717, 1.165) is 68.4 Å². The number of hydrogen-bond donors (Lipinski definition) is 0. The smallest absolute Gasteiger partial charge is 0.227 e. The Morgan fingerprint density at radius 1 is 1.22 bits per heavy atom. The van der Waals surface area contributed by atoms with Gasteiger partial charge in [-0.2, -0.15) is 0 Å². The standard InChI is InChI=1S/C21H27N3O2S/c1-17-4-2-5-18(22-17)15-23-11-12-26-21(16-23)7-9-24(10-8-21)20(25)14-19-6-3-13-27-19/h2-6,13H,7-12,14-16H2,1H3. The molecule has 0 atom stereocenters. The molecule has 4 rings (SSSR count). The zero-order valence-electron chi connectivity index (χ0n) is 15.9. The molecule has 2 fully saturated rings. The van der Waals surface area contributed by atoms with Gasteiger partial charge in [0.2, 0.25) is 5.91 Å². The maximum atomic E-state index is 12.5. The monoisotopic (exact) mass is 385 g/mol. The molecule has 27 heavy (non-hydrogen) atoms. The van der Waals surface area contributed by atoms with Gasteiger partial charge in [0.1, 0.15) is 0 Å². The summed E-state index contributed by atoms with van der Waals surface area (Å²) in [6, 6.07) is 10.3. The summed E-state index contributed by atoms with van der Waals surface area (Å²) < 4.78 is 6.23. The van der Waals surface area contributed by atoms with Gasteiger partial charge in [0.25, 0.3) is 0 Å². The van der Waals surface area contributed by atoms with E-state index in [1.165, 1.54) is 0 Å². The molecular weight excluding hydrogens is 358 g/mol. The Morgan fingerprint density at radius 3 is 2.81 bits per heavy atom. The Hall–Kier alpha value is -1.76. The first-order valence-corrected chi connectivity index (χ1v) is 10.6. The van der Waals surface area contributed by atoms with Crippen molar-refractivity contribution in [3.8, 4) is 0 Å². The molecule has 0 radical (unpaired) electrons. The molecule has 144 valence electrons. The van der Waals surface area contributed by atoms with E-state index in [2.05, 4.69) is 22.0 Å². The first kappa shape index (κ1) is 18.6. The fraction of sp³-hybridized carbons (Fsp3) is 0.524. The lowest BCUT2D eigenvalue weighted by atomic mass is 9.89. The molecule has 1 spiro atoms. The second-order valence-corrected chi connectivity index (χ2v) is 8.68. The summed E-state index contributed by atoms with van der Waals surface area (Å²) >= 11 is 1.65. The molecule has 2 aliphatic heterocycles. The number of piperidine rings is 1. The number of likely N-dealkylation sites (tertiary alicyclic amines) is 1. The van der Waals surface area contributed by atoms with E-state index in [-0.39, 0.29) is 11.5 Å². The van der Waals surface area contributed by atoms with Gasteiger partial charge in [-0.15, -0.1) is 11.3 Å². The molecule has 2 aromatic heterocycles. The van der Waals surface area contributed by atoms with Crippen molar-refractivity contribution in [3.63, 3.8) is 0 Å². The number of nitrogens with zero attached hydrogens (tertiary/aromatic N) is 3. The van der Waals surface area contributed by atoms with E-state index >= 15 is 0 Å². The van der Waals surface area contributed by atoms with Crippen LogP contribution in [0.2, 0.25) is 0 Å². The lowest BCUT2D eigenvalue weighted by Crippen LogP contribution is -2.57. The molecule has 5 nitrogen and oxygen atoms in total. The lowest BCUT2D eigenvalue weighted by molar-refractivity contribution is -0.150. The molecule has 0 aromatic carbocycles. The number of carbonyl (C=O) groups is 1. The number of ether oxygens (including phenoxy) is 1. The number of carbonyl (C=O) groups excluding carboxylic acids is 1. The third-order valence-electron chi connectivity index (χ3n) is 5.59. The summed E-state index contributed by atoms with van der Waals surface area (Å²) in [4.78, 5) is 22.8. The van der Waals surface area contributed by atoms with Crippen LogP contribution in [0.5, 0.6) is 0 Å². The van der Waals surface area contributed by atoms with Gasteiger partial charge in [0, 0.05) is 43.3 Å². The summed E-state index contributed by atoms with van der Waals surface area (Å²) in [5, 5.41) is 2.03. The van der Waals surface area contributed by atoms with Crippen molar-refractivity contribution in [1.29, 1.82) is 0 Å². The van der Waals surface area contributed by atoms with Crippen LogP contribution in [0.4, 0.5) is 0 Å². The number of hydrogen-bond acceptors (Lipinski definition) is 5. The number of rotatable bonds is 4. The molecular formula is C21H27N3O2S. The predicted molar refractivity (Wildman–Crippen MR) is 107 cm³/mol. The second kappa shape index (κ2) is 8.09. The number of morpholine rings is 1. The van der Waals surface area contributed by atoms with Crippen LogP contribution >= 0.6 is 11.3 Å². The molecule has 4 heterocycles. The van der Waals surface area contributed by atoms with Gasteiger partial charge < -0.3 is 9.64 Å². The summed E-state index contributed by atoms with van der Waals surface area (Å²) in [5.74, 6) is 0.240. The average Bonchev–Trinajstić information content (AvgIpc) is 3.15. The van der Waals surface area contributed by atoms with Crippen LogP contribution in [0.25, 0.3) is 0 Å². The Bertz CT molecular complexity index is 769. The molecule has 0 N–H and O–H groups in total. The van der Waals surface area contributed by atoms with E-state index < -0.39 is 0 Å². The Morgan fingerprint density at radius 2 is 2.07 bits per heavy atom. The minimum Gasteiger partial charge on any atom is -0.372 e. The van der Waals surface area contributed by atoms with Gasteiger partial charge in [-0.3, -0.25) is 14.7 Å². The van der Waals surface area contributed by atoms with E-state index in [4.69, 9.17) is 4.74 Å². The minimum atomic E-state index is -0.109. The summed E-state index contributed by atoms with van der Waals surface area (Å²) in [6.07, 6.45) is 2.36. The highest BCUT2D eigenvalue weighted by Crippen LogP contribution is 2.31. The highest BCUT2D eigenvalue weighted by Gasteiger charge is 2.40. The SMILES string of the molecule is Cc1cccc(CN2CCOC3(CCN(C(=O)Cc4cccs4)CC3)C2)n1. The predicted octanol–water partition coefficient (Wildman–Crippen LogP) is 2.89. The number of amides is 1. The Kier molecular flexibility index (Phi) is 5.57. The van der Waals surface area contributed by atoms with Crippen molar-refractivity contribution in [1.82, 2.24) is 14.8 Å². The molecule has 2 saturated heterocycles. The zero-order chi connectivity index (χ0) is 18.7. The quantitative estimate of drug-likeness (QED) is 0.812. The topological polar surface area (TPSA) is 45.7 Å². The highest BCUT2D eigenvalue weighted by atomic mass is 32.1. The van der Waals surface area contributed by atoms with Crippen LogP contribution in [-0.4, -0.2) is 59.1 Å². The number of pyridine rings is 1. The van der Waals surface area contributed by atoms with Crippen LogP contribution in [-0.2, 0) is 22.5 Å². The molecule has 0 unspecified atom stereocenters. The normalized spacial score (nSPS) is 20.1. The Balaban J connectivity index is 1.32. The fourth-order valence-electron chi connectivity index (χ4n) is 4.12. The maximum Gasteiger partial charge on any atom is 0.227 e. The largest absolute Gasteiger partial charge is 0.372 e. The van der Waals surface area contributed by atoms with Crippen molar-refractivity contribution >= 4 is 17.2 Å². The third-order valence-corrected chi connectivity index (χ3v) is 6.47. The van der Waals surface area contributed by atoms with Crippen LogP contribution < -0.4 is 0 Å². The van der Waals surface area contributed by atoms with Crippen molar-refractivity contribution in [2.24, 2.45) is 0 Å². The molecule has 1 amide bonds. The van der Waals surface area contributed by atoms with E-state index in [9.17, 15) is 4.79 Å². The number of aromatic nitrogens is 1. The molecule has 0 bridgehead atoms. The summed E-state index contributed by atoms with van der Waals surface area (Å²) in [6.45, 7) is 7.12. The first-order chi connectivity index (χ1) is 13.1. The fourth-order valence-corrected chi connectivity index (χ4v) is 4.81. The van der Waals surface area contributed by atoms with Crippen molar-refractivity contribution in [3.05, 3.63) is 52.0 Å². The average molecular weight is 386 g/mol. The lowest BCUT2D eigenvalue weighted by Gasteiger charge is -2.47. The van der Waals surface area contributed by atoms with Gasteiger partial charge >= 0.3 is 0 Å². The maximum absolute atomic E-state index is 12.5. The molecule has 2 aromatic rings. The van der Waals surface area contributed by atoms with Gasteiger partial charge in [-0.05, 0) is 43.3 Å². The molecule has 0 saturated carbocycles. The third kappa shape index (κ3) is 4.57. The second-order valence-electron chi connectivity index (χ2n) is 7.65. The van der Waals surface area contributed by atoms with E-state index in [1.807, 2.05) is 35.4 Å². The summed E-state index contributed by atoms with van der Waals surface area (Å²) in [7, 11) is 0. The zero-order valence-corrected chi connectivity index (χ0v) is 16.7. The Labute approximate surface area is 165 Å². The van der Waals surface area contributed by atoms with Crippen LogP contribution in [0.15, 0.2) is 35.7 Å². The van der Waals surface area contributed by atoms with Crippen LogP contribution in [0.3, 0.4) is 0 Å². The first-order valence-electron chi connectivity index (χ1n) is 9.71. The molecule has 0 aliphatic carbocycles. The van der Waals surface area contributed by atoms with Crippen molar-refractivity contribution < 1.29 is 9.53 Å². The van der Waals surface area contributed by atoms with Gasteiger partial charge in [-0.25, -0.2) is 0 Å². The van der Waals surface area contributed by atoms with E-state index in [1.54, 1.807) is 11.3 Å². The number of aryl methyl sites for hydroxylation is 1. The van der Waals surface area contributed by atoms with Gasteiger partial charge in [0.15, 0.2) is 0 Å². The van der Waals surface area contributed by atoms with Crippen molar-refractivity contribution in [2.75, 3.05) is 32.8 Å².